The van der Waals surface area contributed by atoms with Gasteiger partial charge in [-0.05, 0) is 36.0 Å². The monoisotopic (exact) mass is 268 g/mol. The molecule has 1 aliphatic heterocycles. The molecule has 1 fully saturated rings. The number of thioether (sulfide) groups is 1. The molecule has 1 amide bonds. The Kier molecular flexibility index (Phi) is 4.30. The van der Waals surface area contributed by atoms with Gasteiger partial charge in [0.2, 0.25) is 5.91 Å². The van der Waals surface area contributed by atoms with Crippen LogP contribution in [0.2, 0.25) is 0 Å². The summed E-state index contributed by atoms with van der Waals surface area (Å²) >= 11 is 1.91. The molecule has 0 saturated carbocycles. The Morgan fingerprint density at radius 2 is 2.39 bits per heavy atom. The lowest BCUT2D eigenvalue weighted by atomic mass is 10.1. The minimum Gasteiger partial charge on any atom is -0.477 e. The van der Waals surface area contributed by atoms with Gasteiger partial charge in [0.25, 0.3) is 0 Å². The van der Waals surface area contributed by atoms with E-state index in [2.05, 4.69) is 5.32 Å². The SMILES string of the molecule is O=C(Cn1cccc1C(=O)O)NCC1CCSC1. The Bertz CT molecular complexity index is 438. The molecule has 98 valence electrons. The second kappa shape index (κ2) is 5.95. The van der Waals surface area contributed by atoms with E-state index in [1.54, 1.807) is 12.3 Å². The number of aromatic carboxylic acids is 1. The van der Waals surface area contributed by atoms with Gasteiger partial charge >= 0.3 is 5.97 Å². The summed E-state index contributed by atoms with van der Waals surface area (Å²) in [5, 5.41) is 11.8. The number of carbonyl (C=O) groups excluding carboxylic acids is 1. The van der Waals surface area contributed by atoms with Crippen LogP contribution in [0.15, 0.2) is 18.3 Å². The molecule has 18 heavy (non-hydrogen) atoms. The van der Waals surface area contributed by atoms with Crippen molar-refractivity contribution in [2.45, 2.75) is 13.0 Å². The highest BCUT2D eigenvalue weighted by Gasteiger charge is 2.17. The standard InChI is InChI=1S/C12H16N2O3S/c15-11(13-6-9-3-5-18-8-9)7-14-4-1-2-10(14)12(16)17/h1-2,4,9H,3,5-8H2,(H,13,15)(H,16,17). The number of amides is 1. The minimum absolute atomic E-state index is 0.0640. The zero-order valence-electron chi connectivity index (χ0n) is 9.96. The van der Waals surface area contributed by atoms with Crippen LogP contribution in [0.5, 0.6) is 0 Å². The number of carboxylic acids is 1. The quantitative estimate of drug-likeness (QED) is 0.837. The van der Waals surface area contributed by atoms with Gasteiger partial charge in [0, 0.05) is 12.7 Å². The van der Waals surface area contributed by atoms with Gasteiger partial charge in [0.05, 0.1) is 0 Å². The van der Waals surface area contributed by atoms with Gasteiger partial charge in [-0.1, -0.05) is 0 Å². The third-order valence-corrected chi connectivity index (χ3v) is 4.21. The van der Waals surface area contributed by atoms with E-state index in [4.69, 9.17) is 5.11 Å². The Hall–Kier alpha value is -1.43. The van der Waals surface area contributed by atoms with Crippen molar-refractivity contribution in [3.05, 3.63) is 24.0 Å². The molecule has 5 nitrogen and oxygen atoms in total. The van der Waals surface area contributed by atoms with Gasteiger partial charge in [-0.15, -0.1) is 0 Å². The molecular formula is C12H16N2O3S. The fraction of sp³-hybridized carbons (Fsp3) is 0.500. The molecule has 1 atom stereocenters. The molecule has 1 aromatic heterocycles. The average Bonchev–Trinajstić information content (AvgIpc) is 2.96. The van der Waals surface area contributed by atoms with Gasteiger partial charge in [-0.3, -0.25) is 4.79 Å². The number of nitrogens with one attached hydrogen (secondary N) is 1. The molecule has 0 aromatic carbocycles. The van der Waals surface area contributed by atoms with Gasteiger partial charge in [-0.25, -0.2) is 4.79 Å². The van der Waals surface area contributed by atoms with E-state index < -0.39 is 5.97 Å². The van der Waals surface area contributed by atoms with Crippen molar-refractivity contribution in [3.8, 4) is 0 Å². The van der Waals surface area contributed by atoms with Crippen molar-refractivity contribution in [2.75, 3.05) is 18.1 Å². The van der Waals surface area contributed by atoms with Gasteiger partial charge in [0.15, 0.2) is 0 Å². The first-order valence-electron chi connectivity index (χ1n) is 5.89. The molecule has 2 N–H and O–H groups in total. The van der Waals surface area contributed by atoms with Crippen molar-refractivity contribution in [3.63, 3.8) is 0 Å². The number of carbonyl (C=O) groups is 2. The van der Waals surface area contributed by atoms with E-state index in [1.165, 1.54) is 16.4 Å². The third kappa shape index (κ3) is 3.29. The summed E-state index contributed by atoms with van der Waals surface area (Å²) in [4.78, 5) is 22.6. The minimum atomic E-state index is -1.01. The highest BCUT2D eigenvalue weighted by atomic mass is 32.2. The normalized spacial score (nSPS) is 18.8. The lowest BCUT2D eigenvalue weighted by Crippen LogP contribution is -2.32. The van der Waals surface area contributed by atoms with Crippen LogP contribution in [0, 0.1) is 5.92 Å². The third-order valence-electron chi connectivity index (χ3n) is 2.97. The molecule has 6 heteroatoms. The highest BCUT2D eigenvalue weighted by molar-refractivity contribution is 7.99. The summed E-state index contributed by atoms with van der Waals surface area (Å²) < 4.78 is 1.45. The van der Waals surface area contributed by atoms with Gasteiger partial charge in [-0.2, -0.15) is 11.8 Å². The lowest BCUT2D eigenvalue weighted by molar-refractivity contribution is -0.121. The van der Waals surface area contributed by atoms with Crippen molar-refractivity contribution in [1.82, 2.24) is 9.88 Å². The molecule has 1 aromatic rings. The first-order chi connectivity index (χ1) is 8.66. The summed E-state index contributed by atoms with van der Waals surface area (Å²) in [6, 6.07) is 3.12. The molecule has 2 heterocycles. The van der Waals surface area contributed by atoms with E-state index in [1.807, 2.05) is 11.8 Å². The van der Waals surface area contributed by atoms with E-state index in [0.29, 0.717) is 12.5 Å². The molecule has 0 radical (unpaired) electrons. The number of hydrogen-bond donors (Lipinski definition) is 2. The fourth-order valence-electron chi connectivity index (χ4n) is 1.96. The number of hydrogen-bond acceptors (Lipinski definition) is 3. The number of rotatable bonds is 5. The maximum Gasteiger partial charge on any atom is 0.352 e. The van der Waals surface area contributed by atoms with Crippen LogP contribution in [0.3, 0.4) is 0 Å². The summed E-state index contributed by atoms with van der Waals surface area (Å²) in [7, 11) is 0. The Labute approximate surface area is 110 Å². The summed E-state index contributed by atoms with van der Waals surface area (Å²) in [6.45, 7) is 0.754. The van der Waals surface area contributed by atoms with Crippen LogP contribution in [-0.2, 0) is 11.3 Å². The van der Waals surface area contributed by atoms with E-state index in [0.717, 1.165) is 12.2 Å². The maximum atomic E-state index is 11.7. The molecule has 0 aliphatic carbocycles. The van der Waals surface area contributed by atoms with Gasteiger partial charge < -0.3 is 15.0 Å². The first kappa shape index (κ1) is 13.0. The second-order valence-corrected chi connectivity index (χ2v) is 5.51. The zero-order valence-corrected chi connectivity index (χ0v) is 10.8. The maximum absolute atomic E-state index is 11.7. The van der Waals surface area contributed by atoms with Crippen LogP contribution in [-0.4, -0.2) is 39.6 Å². The Balaban J connectivity index is 1.82. The van der Waals surface area contributed by atoms with Crippen molar-refractivity contribution in [2.24, 2.45) is 5.92 Å². The second-order valence-electron chi connectivity index (χ2n) is 4.36. The van der Waals surface area contributed by atoms with Crippen molar-refractivity contribution < 1.29 is 14.7 Å². The van der Waals surface area contributed by atoms with E-state index >= 15 is 0 Å². The highest BCUT2D eigenvalue weighted by Crippen LogP contribution is 2.22. The Morgan fingerprint density at radius 1 is 1.56 bits per heavy atom. The first-order valence-corrected chi connectivity index (χ1v) is 7.05. The predicted molar refractivity (Wildman–Crippen MR) is 69.8 cm³/mol. The van der Waals surface area contributed by atoms with E-state index in [9.17, 15) is 9.59 Å². The molecule has 0 spiro atoms. The van der Waals surface area contributed by atoms with Crippen LogP contribution >= 0.6 is 11.8 Å². The van der Waals surface area contributed by atoms with Gasteiger partial charge in [0.1, 0.15) is 12.2 Å². The molecule has 2 rings (SSSR count). The number of aromatic nitrogens is 1. The van der Waals surface area contributed by atoms with Crippen molar-refractivity contribution >= 4 is 23.6 Å². The van der Waals surface area contributed by atoms with E-state index in [-0.39, 0.29) is 18.1 Å². The predicted octanol–water partition coefficient (Wildman–Crippen LogP) is 1.06. The number of nitrogens with zero attached hydrogens (tertiary/aromatic N) is 1. The molecule has 0 bridgehead atoms. The molecule has 1 unspecified atom stereocenters. The summed E-state index contributed by atoms with van der Waals surface area (Å²) in [5.74, 6) is 1.68. The Morgan fingerprint density at radius 3 is 3.06 bits per heavy atom. The van der Waals surface area contributed by atoms with Crippen LogP contribution in [0.1, 0.15) is 16.9 Å². The van der Waals surface area contributed by atoms with Crippen molar-refractivity contribution in [1.29, 1.82) is 0 Å². The smallest absolute Gasteiger partial charge is 0.352 e. The summed E-state index contributed by atoms with van der Waals surface area (Å²) in [5.41, 5.74) is 0.140. The molecule has 1 saturated heterocycles. The van der Waals surface area contributed by atoms with Crippen LogP contribution in [0.4, 0.5) is 0 Å². The van der Waals surface area contributed by atoms with Crippen LogP contribution < -0.4 is 5.32 Å². The van der Waals surface area contributed by atoms with Crippen LogP contribution in [0.25, 0.3) is 0 Å². The largest absolute Gasteiger partial charge is 0.477 e. The number of carboxylic acid groups (broad SMARTS) is 1. The average molecular weight is 268 g/mol. The topological polar surface area (TPSA) is 71.3 Å². The summed E-state index contributed by atoms with van der Waals surface area (Å²) in [6.07, 6.45) is 2.75. The molecular weight excluding hydrogens is 252 g/mol. The lowest BCUT2D eigenvalue weighted by Gasteiger charge is -2.11. The fourth-order valence-corrected chi connectivity index (χ4v) is 3.24. The molecule has 1 aliphatic rings. The zero-order chi connectivity index (χ0) is 13.0.